The molecule has 7 heteroatoms. The first kappa shape index (κ1) is 14.3. The van der Waals surface area contributed by atoms with Crippen LogP contribution in [0.15, 0.2) is 18.2 Å². The number of hydrogen-bond donors (Lipinski definition) is 2. The summed E-state index contributed by atoms with van der Waals surface area (Å²) in [7, 11) is 0. The number of nitrogens with zero attached hydrogens (tertiary/aromatic N) is 1. The number of rotatable bonds is 6. The van der Waals surface area contributed by atoms with Gasteiger partial charge < -0.3 is 15.6 Å². The minimum Gasteiger partial charge on any atom is -0.484 e. The topological polar surface area (TPSA) is 116 Å². The highest BCUT2D eigenvalue weighted by Gasteiger charge is 2.49. The van der Waals surface area contributed by atoms with Crippen molar-refractivity contribution in [3.05, 3.63) is 33.9 Å². The van der Waals surface area contributed by atoms with E-state index in [0.29, 0.717) is 5.56 Å². The molecule has 0 radical (unpaired) electrons. The van der Waals surface area contributed by atoms with Crippen molar-refractivity contribution >= 4 is 11.7 Å². The van der Waals surface area contributed by atoms with E-state index in [0.717, 1.165) is 12.8 Å². The van der Waals surface area contributed by atoms with Gasteiger partial charge in [-0.3, -0.25) is 14.9 Å². The zero-order valence-corrected chi connectivity index (χ0v) is 11.0. The van der Waals surface area contributed by atoms with E-state index in [2.05, 4.69) is 0 Å². The largest absolute Gasteiger partial charge is 0.484 e. The standard InChI is InChI=1S/C13H16N2O5/c1-8-3-2-4-10(15(18)19)11(8)20-7-13(14,12(16)17)9-5-6-9/h2-4,9H,5-7,14H2,1H3,(H,16,17). The molecule has 1 aliphatic rings. The normalized spacial score (nSPS) is 17.3. The lowest BCUT2D eigenvalue weighted by Gasteiger charge is -2.24. The maximum absolute atomic E-state index is 11.3. The maximum atomic E-state index is 11.3. The third-order valence-electron chi connectivity index (χ3n) is 3.55. The van der Waals surface area contributed by atoms with Crippen LogP contribution in [0.3, 0.4) is 0 Å². The van der Waals surface area contributed by atoms with Gasteiger partial charge in [0.2, 0.25) is 0 Å². The Labute approximate surface area is 115 Å². The van der Waals surface area contributed by atoms with E-state index < -0.39 is 16.4 Å². The molecule has 1 saturated carbocycles. The fourth-order valence-corrected chi connectivity index (χ4v) is 2.11. The molecular formula is C13H16N2O5. The summed E-state index contributed by atoms with van der Waals surface area (Å²) in [4.78, 5) is 21.7. The first-order chi connectivity index (χ1) is 9.36. The Hall–Kier alpha value is -2.15. The van der Waals surface area contributed by atoms with Gasteiger partial charge in [-0.25, -0.2) is 0 Å². The number of nitro groups is 1. The zero-order chi connectivity index (χ0) is 14.9. The predicted molar refractivity (Wildman–Crippen MR) is 70.6 cm³/mol. The molecule has 1 aromatic rings. The minimum atomic E-state index is -1.49. The van der Waals surface area contributed by atoms with Crippen molar-refractivity contribution in [3.8, 4) is 5.75 Å². The molecule has 0 aromatic heterocycles. The van der Waals surface area contributed by atoms with Gasteiger partial charge in [0.05, 0.1) is 4.92 Å². The molecule has 1 unspecified atom stereocenters. The molecule has 0 amide bonds. The highest BCUT2D eigenvalue weighted by Crippen LogP contribution is 2.39. The summed E-state index contributed by atoms with van der Waals surface area (Å²) in [6.45, 7) is 1.39. The van der Waals surface area contributed by atoms with E-state index in [9.17, 15) is 20.0 Å². The van der Waals surface area contributed by atoms with Crippen molar-refractivity contribution in [1.29, 1.82) is 0 Å². The number of carboxylic acids is 1. The average molecular weight is 280 g/mol. The van der Waals surface area contributed by atoms with Crippen LogP contribution < -0.4 is 10.5 Å². The quantitative estimate of drug-likeness (QED) is 0.602. The van der Waals surface area contributed by atoms with Crippen molar-refractivity contribution in [2.45, 2.75) is 25.3 Å². The van der Waals surface area contributed by atoms with Gasteiger partial charge in [0.25, 0.3) is 0 Å². The van der Waals surface area contributed by atoms with E-state index in [1.807, 2.05) is 0 Å². The number of nitro benzene ring substituents is 1. The van der Waals surface area contributed by atoms with E-state index in [1.165, 1.54) is 6.07 Å². The molecule has 0 aliphatic heterocycles. The van der Waals surface area contributed by atoms with Crippen LogP contribution in [0, 0.1) is 23.0 Å². The van der Waals surface area contributed by atoms with Gasteiger partial charge in [-0.2, -0.15) is 0 Å². The van der Waals surface area contributed by atoms with Gasteiger partial charge >= 0.3 is 11.7 Å². The lowest BCUT2D eigenvalue weighted by molar-refractivity contribution is -0.386. The Balaban J connectivity index is 2.22. The van der Waals surface area contributed by atoms with Crippen molar-refractivity contribution in [3.63, 3.8) is 0 Å². The van der Waals surface area contributed by atoms with Crippen LogP contribution in [0.2, 0.25) is 0 Å². The number of aliphatic carboxylic acids is 1. The third kappa shape index (κ3) is 2.57. The second-order valence-electron chi connectivity index (χ2n) is 5.09. The first-order valence-electron chi connectivity index (χ1n) is 6.25. The number of benzene rings is 1. The molecule has 20 heavy (non-hydrogen) atoms. The average Bonchev–Trinajstić information content (AvgIpc) is 3.20. The lowest BCUT2D eigenvalue weighted by Crippen LogP contribution is -2.54. The van der Waals surface area contributed by atoms with Crippen LogP contribution in [0.1, 0.15) is 18.4 Å². The van der Waals surface area contributed by atoms with Crippen molar-refractivity contribution in [2.24, 2.45) is 11.7 Å². The molecule has 108 valence electrons. The fraction of sp³-hybridized carbons (Fsp3) is 0.462. The van der Waals surface area contributed by atoms with E-state index in [-0.39, 0.29) is 24.0 Å². The van der Waals surface area contributed by atoms with Gasteiger partial charge in [0.15, 0.2) is 11.3 Å². The molecule has 0 spiro atoms. The molecule has 1 atom stereocenters. The molecule has 0 saturated heterocycles. The predicted octanol–water partition coefficient (Wildman–Crippen LogP) is 1.47. The Kier molecular flexibility index (Phi) is 3.63. The van der Waals surface area contributed by atoms with Crippen molar-refractivity contribution < 1.29 is 19.6 Å². The summed E-state index contributed by atoms with van der Waals surface area (Å²) in [6, 6.07) is 4.53. The number of carbonyl (C=O) groups is 1. The molecule has 3 N–H and O–H groups in total. The minimum absolute atomic E-state index is 0.0780. The number of para-hydroxylation sites is 1. The van der Waals surface area contributed by atoms with Crippen LogP contribution >= 0.6 is 0 Å². The first-order valence-corrected chi connectivity index (χ1v) is 6.25. The Morgan fingerprint density at radius 1 is 1.60 bits per heavy atom. The van der Waals surface area contributed by atoms with Crippen molar-refractivity contribution in [2.75, 3.05) is 6.61 Å². The van der Waals surface area contributed by atoms with Gasteiger partial charge in [-0.1, -0.05) is 12.1 Å². The highest BCUT2D eigenvalue weighted by atomic mass is 16.6. The van der Waals surface area contributed by atoms with Crippen LogP contribution in [0.5, 0.6) is 5.75 Å². The van der Waals surface area contributed by atoms with E-state index >= 15 is 0 Å². The van der Waals surface area contributed by atoms with Crippen molar-refractivity contribution in [1.82, 2.24) is 0 Å². The summed E-state index contributed by atoms with van der Waals surface area (Å²) < 4.78 is 5.41. The van der Waals surface area contributed by atoms with Gasteiger partial charge in [-0.15, -0.1) is 0 Å². The molecular weight excluding hydrogens is 264 g/mol. The third-order valence-corrected chi connectivity index (χ3v) is 3.55. The number of carboxylic acid groups (broad SMARTS) is 1. The van der Waals surface area contributed by atoms with Gasteiger partial charge in [0, 0.05) is 6.07 Å². The Morgan fingerprint density at radius 2 is 2.25 bits per heavy atom. The molecule has 0 bridgehead atoms. The molecule has 7 nitrogen and oxygen atoms in total. The zero-order valence-electron chi connectivity index (χ0n) is 11.0. The summed E-state index contributed by atoms with van der Waals surface area (Å²) in [5, 5.41) is 20.2. The maximum Gasteiger partial charge on any atom is 0.327 e. The fourth-order valence-electron chi connectivity index (χ4n) is 2.11. The lowest BCUT2D eigenvalue weighted by atomic mass is 9.96. The Bertz CT molecular complexity index is 556. The Morgan fingerprint density at radius 3 is 2.75 bits per heavy atom. The molecule has 1 fully saturated rings. The molecule has 1 aliphatic carbocycles. The van der Waals surface area contributed by atoms with Crippen LogP contribution in [-0.4, -0.2) is 28.1 Å². The van der Waals surface area contributed by atoms with Crippen LogP contribution in [0.25, 0.3) is 0 Å². The number of nitrogens with two attached hydrogens (primary N) is 1. The smallest absolute Gasteiger partial charge is 0.327 e. The van der Waals surface area contributed by atoms with Gasteiger partial charge in [-0.05, 0) is 31.2 Å². The summed E-state index contributed by atoms with van der Waals surface area (Å²) in [5.41, 5.74) is 4.77. The number of ether oxygens (including phenoxy) is 1. The van der Waals surface area contributed by atoms with E-state index in [1.54, 1.807) is 19.1 Å². The monoisotopic (exact) mass is 280 g/mol. The number of hydrogen-bond acceptors (Lipinski definition) is 5. The summed E-state index contributed by atoms with van der Waals surface area (Å²) >= 11 is 0. The second kappa shape index (κ2) is 5.09. The molecule has 2 rings (SSSR count). The SMILES string of the molecule is Cc1cccc([N+](=O)[O-])c1OCC(N)(C(=O)O)C1CC1. The summed E-state index contributed by atoms with van der Waals surface area (Å²) in [5.74, 6) is -1.20. The van der Waals surface area contributed by atoms with Gasteiger partial charge in [0.1, 0.15) is 6.61 Å². The van der Waals surface area contributed by atoms with Crippen LogP contribution in [0.4, 0.5) is 5.69 Å². The molecule has 0 heterocycles. The molecule has 1 aromatic carbocycles. The van der Waals surface area contributed by atoms with Crippen LogP contribution in [-0.2, 0) is 4.79 Å². The number of aryl methyl sites for hydroxylation is 1. The second-order valence-corrected chi connectivity index (χ2v) is 5.09. The highest BCUT2D eigenvalue weighted by molar-refractivity contribution is 5.79. The summed E-state index contributed by atoms with van der Waals surface area (Å²) in [6.07, 6.45) is 1.48. The van der Waals surface area contributed by atoms with E-state index in [4.69, 9.17) is 10.5 Å².